The van der Waals surface area contributed by atoms with Crippen molar-refractivity contribution >= 4 is 23.2 Å². The van der Waals surface area contributed by atoms with Crippen LogP contribution in [0.3, 0.4) is 0 Å². The van der Waals surface area contributed by atoms with Crippen LogP contribution in [0.1, 0.15) is 12.0 Å². The lowest BCUT2D eigenvalue weighted by Gasteiger charge is -2.14. The van der Waals surface area contributed by atoms with Crippen molar-refractivity contribution in [3.05, 3.63) is 53.1 Å². The van der Waals surface area contributed by atoms with Crippen LogP contribution >= 0.6 is 11.6 Å². The number of anilines is 1. The molecule has 6 heteroatoms. The SMILES string of the molecule is CN=C(NCCc1cccc(Cl)c1)Nc1ccc2c(c1)OCCCO2. The second-order valence-electron chi connectivity index (χ2n) is 5.72. The summed E-state index contributed by atoms with van der Waals surface area (Å²) in [6.07, 6.45) is 1.76. The number of rotatable bonds is 4. The Morgan fingerprint density at radius 3 is 2.76 bits per heavy atom. The van der Waals surface area contributed by atoms with E-state index in [0.29, 0.717) is 19.2 Å². The Morgan fingerprint density at radius 1 is 1.12 bits per heavy atom. The van der Waals surface area contributed by atoms with Gasteiger partial charge in [-0.2, -0.15) is 0 Å². The summed E-state index contributed by atoms with van der Waals surface area (Å²) < 4.78 is 11.4. The minimum absolute atomic E-state index is 0.670. The highest BCUT2D eigenvalue weighted by Crippen LogP contribution is 2.32. The van der Waals surface area contributed by atoms with Gasteiger partial charge in [0.25, 0.3) is 0 Å². The molecule has 0 fully saturated rings. The van der Waals surface area contributed by atoms with Crippen LogP contribution in [-0.4, -0.2) is 32.8 Å². The molecule has 0 atom stereocenters. The Bertz CT molecular complexity index is 749. The Labute approximate surface area is 153 Å². The van der Waals surface area contributed by atoms with Gasteiger partial charge >= 0.3 is 0 Å². The summed E-state index contributed by atoms with van der Waals surface area (Å²) in [5, 5.41) is 7.33. The molecule has 5 nitrogen and oxygen atoms in total. The van der Waals surface area contributed by atoms with E-state index in [2.05, 4.69) is 21.7 Å². The van der Waals surface area contributed by atoms with Crippen LogP contribution in [0.5, 0.6) is 11.5 Å². The fraction of sp³-hybridized carbons (Fsp3) is 0.316. The lowest BCUT2D eigenvalue weighted by Crippen LogP contribution is -2.32. The predicted octanol–water partition coefficient (Wildman–Crippen LogP) is 3.73. The third-order valence-electron chi connectivity index (χ3n) is 3.83. The maximum atomic E-state index is 6.01. The Hall–Kier alpha value is -2.40. The zero-order valence-corrected chi connectivity index (χ0v) is 15.0. The molecule has 1 aliphatic rings. The van der Waals surface area contributed by atoms with Gasteiger partial charge in [-0.3, -0.25) is 4.99 Å². The van der Waals surface area contributed by atoms with Gasteiger partial charge in [-0.25, -0.2) is 0 Å². The van der Waals surface area contributed by atoms with Gasteiger partial charge in [0, 0.05) is 36.8 Å². The number of guanidine groups is 1. The van der Waals surface area contributed by atoms with E-state index in [9.17, 15) is 0 Å². The molecule has 0 amide bonds. The molecule has 0 aliphatic carbocycles. The van der Waals surface area contributed by atoms with Crippen LogP contribution in [0, 0.1) is 0 Å². The van der Waals surface area contributed by atoms with E-state index in [1.54, 1.807) is 7.05 Å². The summed E-state index contributed by atoms with van der Waals surface area (Å²) in [5.74, 6) is 2.25. The monoisotopic (exact) mass is 359 g/mol. The molecule has 0 aromatic heterocycles. The van der Waals surface area contributed by atoms with Crippen molar-refractivity contribution in [2.24, 2.45) is 4.99 Å². The summed E-state index contributed by atoms with van der Waals surface area (Å²) >= 11 is 6.01. The molecule has 0 bridgehead atoms. The minimum atomic E-state index is 0.670. The van der Waals surface area contributed by atoms with Crippen LogP contribution in [0.2, 0.25) is 5.02 Å². The van der Waals surface area contributed by atoms with Gasteiger partial charge in [0.2, 0.25) is 0 Å². The fourth-order valence-electron chi connectivity index (χ4n) is 2.57. The molecule has 1 heterocycles. The molecule has 2 aromatic carbocycles. The van der Waals surface area contributed by atoms with Crippen molar-refractivity contribution in [3.63, 3.8) is 0 Å². The van der Waals surface area contributed by atoms with Crippen molar-refractivity contribution in [1.82, 2.24) is 5.32 Å². The molecule has 3 rings (SSSR count). The first-order valence-electron chi connectivity index (χ1n) is 8.36. The van der Waals surface area contributed by atoms with Gasteiger partial charge < -0.3 is 20.1 Å². The fourth-order valence-corrected chi connectivity index (χ4v) is 2.79. The zero-order chi connectivity index (χ0) is 17.5. The number of fused-ring (bicyclic) bond motifs is 1. The van der Waals surface area contributed by atoms with Crippen molar-refractivity contribution in [1.29, 1.82) is 0 Å². The number of nitrogens with zero attached hydrogens (tertiary/aromatic N) is 1. The van der Waals surface area contributed by atoms with Gasteiger partial charge in [-0.15, -0.1) is 0 Å². The van der Waals surface area contributed by atoms with Crippen molar-refractivity contribution in [3.8, 4) is 11.5 Å². The molecular weight excluding hydrogens is 338 g/mol. The quantitative estimate of drug-likeness (QED) is 0.645. The van der Waals surface area contributed by atoms with Gasteiger partial charge in [-0.1, -0.05) is 23.7 Å². The number of nitrogens with one attached hydrogen (secondary N) is 2. The predicted molar refractivity (Wildman–Crippen MR) is 102 cm³/mol. The van der Waals surface area contributed by atoms with E-state index in [-0.39, 0.29) is 0 Å². The number of hydrogen-bond donors (Lipinski definition) is 2. The van der Waals surface area contributed by atoms with E-state index in [1.807, 2.05) is 36.4 Å². The van der Waals surface area contributed by atoms with E-state index in [4.69, 9.17) is 21.1 Å². The average molecular weight is 360 g/mol. The van der Waals surface area contributed by atoms with Crippen LogP contribution in [-0.2, 0) is 6.42 Å². The average Bonchev–Trinajstić information content (AvgIpc) is 2.86. The first-order valence-corrected chi connectivity index (χ1v) is 8.74. The maximum Gasteiger partial charge on any atom is 0.195 e. The molecular formula is C19H22ClN3O2. The third kappa shape index (κ3) is 5.03. The molecule has 0 spiro atoms. The molecule has 25 heavy (non-hydrogen) atoms. The van der Waals surface area contributed by atoms with E-state index in [0.717, 1.165) is 41.6 Å². The molecule has 1 aliphatic heterocycles. The van der Waals surface area contributed by atoms with E-state index >= 15 is 0 Å². The second kappa shape index (κ2) is 8.62. The van der Waals surface area contributed by atoms with Crippen molar-refractivity contribution < 1.29 is 9.47 Å². The summed E-state index contributed by atoms with van der Waals surface area (Å²) in [6, 6.07) is 13.7. The second-order valence-corrected chi connectivity index (χ2v) is 6.15. The number of ether oxygens (including phenoxy) is 2. The molecule has 0 unspecified atom stereocenters. The van der Waals surface area contributed by atoms with Crippen LogP contribution in [0.4, 0.5) is 5.69 Å². The highest BCUT2D eigenvalue weighted by molar-refractivity contribution is 6.30. The Kier molecular flexibility index (Phi) is 6.01. The van der Waals surface area contributed by atoms with Crippen LogP contribution < -0.4 is 20.1 Å². The first-order chi connectivity index (χ1) is 12.2. The standard InChI is InChI=1S/C19H22ClN3O2/c1-21-19(22-9-8-14-4-2-5-15(20)12-14)23-16-6-7-17-18(13-16)25-11-3-10-24-17/h2,4-7,12-13H,3,8-11H2,1H3,(H2,21,22,23). The summed E-state index contributed by atoms with van der Waals surface area (Å²) in [4.78, 5) is 4.26. The van der Waals surface area contributed by atoms with Gasteiger partial charge in [0.1, 0.15) is 0 Å². The summed E-state index contributed by atoms with van der Waals surface area (Å²) in [6.45, 7) is 2.11. The minimum Gasteiger partial charge on any atom is -0.490 e. The molecule has 0 radical (unpaired) electrons. The highest BCUT2D eigenvalue weighted by atomic mass is 35.5. The van der Waals surface area contributed by atoms with Gasteiger partial charge in [0.05, 0.1) is 13.2 Å². The lowest BCUT2D eigenvalue weighted by molar-refractivity contribution is 0.297. The smallest absolute Gasteiger partial charge is 0.195 e. The first kappa shape index (κ1) is 17.4. The largest absolute Gasteiger partial charge is 0.490 e. The highest BCUT2D eigenvalue weighted by Gasteiger charge is 2.11. The van der Waals surface area contributed by atoms with Crippen molar-refractivity contribution in [2.75, 3.05) is 32.1 Å². The number of aliphatic imine (C=N–C) groups is 1. The van der Waals surface area contributed by atoms with Crippen LogP contribution in [0.15, 0.2) is 47.5 Å². The third-order valence-corrected chi connectivity index (χ3v) is 4.06. The molecule has 2 N–H and O–H groups in total. The zero-order valence-electron chi connectivity index (χ0n) is 14.2. The maximum absolute atomic E-state index is 6.01. The Balaban J connectivity index is 1.56. The van der Waals surface area contributed by atoms with Crippen LogP contribution in [0.25, 0.3) is 0 Å². The molecule has 0 saturated heterocycles. The topological polar surface area (TPSA) is 54.9 Å². The van der Waals surface area contributed by atoms with E-state index < -0.39 is 0 Å². The summed E-state index contributed by atoms with van der Waals surface area (Å²) in [7, 11) is 1.75. The lowest BCUT2D eigenvalue weighted by atomic mass is 10.1. The number of hydrogen-bond acceptors (Lipinski definition) is 3. The molecule has 132 valence electrons. The van der Waals surface area contributed by atoms with Crippen molar-refractivity contribution in [2.45, 2.75) is 12.8 Å². The molecule has 0 saturated carbocycles. The Morgan fingerprint density at radius 2 is 1.96 bits per heavy atom. The normalized spacial score (nSPS) is 13.9. The van der Waals surface area contributed by atoms with Gasteiger partial charge in [0.15, 0.2) is 17.5 Å². The number of halogens is 1. The van der Waals surface area contributed by atoms with Gasteiger partial charge in [-0.05, 0) is 36.2 Å². The van der Waals surface area contributed by atoms with E-state index in [1.165, 1.54) is 5.56 Å². The number of benzene rings is 2. The summed E-state index contributed by atoms with van der Waals surface area (Å²) in [5.41, 5.74) is 2.09. The molecule has 2 aromatic rings.